The van der Waals surface area contributed by atoms with Gasteiger partial charge >= 0.3 is 5.69 Å². The van der Waals surface area contributed by atoms with E-state index in [1.807, 2.05) is 0 Å². The van der Waals surface area contributed by atoms with Crippen molar-refractivity contribution in [2.24, 2.45) is 0 Å². The van der Waals surface area contributed by atoms with Crippen LogP contribution in [0.1, 0.15) is 0 Å². The molecule has 16 heavy (non-hydrogen) atoms. The molecule has 0 aromatic carbocycles. The number of hydrogen-bond donors (Lipinski definition) is 3. The van der Waals surface area contributed by atoms with Gasteiger partial charge in [0, 0.05) is 19.8 Å². The van der Waals surface area contributed by atoms with Crippen molar-refractivity contribution in [2.75, 3.05) is 20.2 Å². The molecular formula is C7H11N3O5S. The van der Waals surface area contributed by atoms with Gasteiger partial charge in [-0.3, -0.25) is 9.78 Å². The summed E-state index contributed by atoms with van der Waals surface area (Å²) in [5.74, 6) is 0. The van der Waals surface area contributed by atoms with Gasteiger partial charge in [-0.05, 0) is 0 Å². The van der Waals surface area contributed by atoms with Gasteiger partial charge in [-0.1, -0.05) is 0 Å². The van der Waals surface area contributed by atoms with E-state index in [2.05, 4.69) is 4.98 Å². The lowest BCUT2D eigenvalue weighted by Crippen LogP contribution is -2.35. The zero-order valence-electron chi connectivity index (χ0n) is 8.43. The highest BCUT2D eigenvalue weighted by Crippen LogP contribution is 2.06. The van der Waals surface area contributed by atoms with Crippen molar-refractivity contribution in [3.05, 3.63) is 27.0 Å². The van der Waals surface area contributed by atoms with Crippen molar-refractivity contribution in [2.45, 2.75) is 4.90 Å². The fraction of sp³-hybridized carbons (Fsp3) is 0.429. The summed E-state index contributed by atoms with van der Waals surface area (Å²) in [4.78, 5) is 25.3. The third-order valence-electron chi connectivity index (χ3n) is 1.89. The van der Waals surface area contributed by atoms with Crippen molar-refractivity contribution < 1.29 is 13.5 Å². The monoisotopic (exact) mass is 249 g/mol. The van der Waals surface area contributed by atoms with E-state index in [4.69, 9.17) is 5.11 Å². The van der Waals surface area contributed by atoms with Crippen LogP contribution in [0.15, 0.2) is 20.7 Å². The van der Waals surface area contributed by atoms with E-state index in [1.54, 1.807) is 4.98 Å². The highest BCUT2D eigenvalue weighted by Gasteiger charge is 2.23. The molecule has 90 valence electrons. The van der Waals surface area contributed by atoms with Crippen LogP contribution >= 0.6 is 0 Å². The molecule has 1 heterocycles. The number of aromatic nitrogens is 2. The van der Waals surface area contributed by atoms with Crippen LogP contribution in [-0.4, -0.2) is 48.0 Å². The van der Waals surface area contributed by atoms with Crippen molar-refractivity contribution >= 4 is 10.0 Å². The summed E-state index contributed by atoms with van der Waals surface area (Å²) in [6.45, 7) is -0.502. The van der Waals surface area contributed by atoms with Gasteiger partial charge in [0.25, 0.3) is 5.56 Å². The summed E-state index contributed by atoms with van der Waals surface area (Å²) >= 11 is 0. The Morgan fingerprint density at radius 1 is 1.44 bits per heavy atom. The molecule has 0 amide bonds. The van der Waals surface area contributed by atoms with E-state index in [-0.39, 0.29) is 13.2 Å². The van der Waals surface area contributed by atoms with Crippen molar-refractivity contribution in [1.29, 1.82) is 0 Å². The molecule has 0 aliphatic rings. The van der Waals surface area contributed by atoms with Gasteiger partial charge in [0.15, 0.2) is 4.90 Å². The smallest absolute Gasteiger partial charge is 0.325 e. The molecule has 0 saturated heterocycles. The molecule has 0 saturated carbocycles. The van der Waals surface area contributed by atoms with Crippen LogP contribution in [0.2, 0.25) is 0 Å². The van der Waals surface area contributed by atoms with Crippen molar-refractivity contribution in [1.82, 2.24) is 14.3 Å². The van der Waals surface area contributed by atoms with Crippen LogP contribution in [0.25, 0.3) is 0 Å². The first-order valence-electron chi connectivity index (χ1n) is 4.29. The standard InChI is InChI=1S/C7H11N3O5S/c1-10(2-3-11)16(14,15)5-4-8-7(13)9-6(5)12/h4,11H,2-3H2,1H3,(H2,8,9,12,13). The number of aliphatic hydroxyl groups excluding tert-OH is 1. The Hall–Kier alpha value is -1.45. The van der Waals surface area contributed by atoms with Gasteiger partial charge in [0.2, 0.25) is 10.0 Å². The second-order valence-electron chi connectivity index (χ2n) is 2.99. The fourth-order valence-electron chi connectivity index (χ4n) is 1.02. The van der Waals surface area contributed by atoms with Crippen molar-refractivity contribution in [3.8, 4) is 0 Å². The molecule has 1 rings (SSSR count). The van der Waals surface area contributed by atoms with Gasteiger partial charge < -0.3 is 10.1 Å². The van der Waals surface area contributed by atoms with E-state index in [9.17, 15) is 18.0 Å². The Kier molecular flexibility index (Phi) is 3.62. The summed E-state index contributed by atoms with van der Waals surface area (Å²) in [7, 11) is -2.77. The minimum Gasteiger partial charge on any atom is -0.395 e. The van der Waals surface area contributed by atoms with E-state index in [0.717, 1.165) is 10.5 Å². The first-order valence-corrected chi connectivity index (χ1v) is 5.73. The number of hydrogen-bond acceptors (Lipinski definition) is 5. The summed E-state index contributed by atoms with van der Waals surface area (Å²) < 4.78 is 24.3. The summed E-state index contributed by atoms with van der Waals surface area (Å²) in [5, 5.41) is 8.61. The fourth-order valence-corrected chi connectivity index (χ4v) is 2.17. The molecule has 0 fully saturated rings. The second kappa shape index (κ2) is 4.60. The van der Waals surface area contributed by atoms with Crippen LogP contribution in [-0.2, 0) is 10.0 Å². The topological polar surface area (TPSA) is 123 Å². The third kappa shape index (κ3) is 2.38. The first kappa shape index (κ1) is 12.6. The summed E-state index contributed by atoms with van der Waals surface area (Å²) in [6, 6.07) is 0. The maximum atomic E-state index is 11.7. The lowest BCUT2D eigenvalue weighted by Gasteiger charge is -2.14. The van der Waals surface area contributed by atoms with Crippen LogP contribution in [0.3, 0.4) is 0 Å². The predicted molar refractivity (Wildman–Crippen MR) is 54.6 cm³/mol. The SMILES string of the molecule is CN(CCO)S(=O)(=O)c1c[nH]c(=O)[nH]c1=O. The number of sulfonamides is 1. The number of rotatable bonds is 4. The zero-order chi connectivity index (χ0) is 12.3. The first-order chi connectivity index (χ1) is 7.39. The van der Waals surface area contributed by atoms with E-state index in [1.165, 1.54) is 7.05 Å². The molecule has 0 bridgehead atoms. The highest BCUT2D eigenvalue weighted by atomic mass is 32.2. The molecule has 1 aromatic rings. The minimum absolute atomic E-state index is 0.138. The Bertz CT molecular complexity index is 572. The average molecular weight is 249 g/mol. The number of aromatic amines is 2. The molecule has 1 aromatic heterocycles. The van der Waals surface area contributed by atoms with E-state index < -0.39 is 26.2 Å². The number of H-pyrrole nitrogens is 2. The Morgan fingerprint density at radius 3 is 2.56 bits per heavy atom. The highest BCUT2D eigenvalue weighted by molar-refractivity contribution is 7.89. The number of nitrogens with zero attached hydrogens (tertiary/aromatic N) is 1. The maximum Gasteiger partial charge on any atom is 0.325 e. The lowest BCUT2D eigenvalue weighted by atomic mass is 10.7. The van der Waals surface area contributed by atoms with E-state index >= 15 is 0 Å². The van der Waals surface area contributed by atoms with E-state index in [0.29, 0.717) is 0 Å². The van der Waals surface area contributed by atoms with Gasteiger partial charge in [0.05, 0.1) is 6.61 Å². The quantitative estimate of drug-likeness (QED) is 0.552. The van der Waals surface area contributed by atoms with Gasteiger partial charge in [-0.15, -0.1) is 0 Å². The number of likely N-dealkylation sites (N-methyl/N-ethyl adjacent to an activating group) is 1. The Balaban J connectivity index is 3.28. The molecule has 0 unspecified atom stereocenters. The largest absolute Gasteiger partial charge is 0.395 e. The molecule has 0 spiro atoms. The maximum absolute atomic E-state index is 11.7. The van der Waals surface area contributed by atoms with Gasteiger partial charge in [0.1, 0.15) is 0 Å². The van der Waals surface area contributed by atoms with Crippen LogP contribution in [0.5, 0.6) is 0 Å². The molecule has 0 atom stereocenters. The van der Waals surface area contributed by atoms with Gasteiger partial charge in [-0.2, -0.15) is 4.31 Å². The Morgan fingerprint density at radius 2 is 2.06 bits per heavy atom. The minimum atomic E-state index is -3.99. The third-order valence-corrected chi connectivity index (χ3v) is 3.75. The predicted octanol–water partition coefficient (Wildman–Crippen LogP) is -2.32. The second-order valence-corrected chi connectivity index (χ2v) is 5.00. The van der Waals surface area contributed by atoms with Crippen LogP contribution < -0.4 is 11.2 Å². The average Bonchev–Trinajstić information content (AvgIpc) is 2.17. The summed E-state index contributed by atoms with van der Waals surface area (Å²) in [5.41, 5.74) is -1.78. The van der Waals surface area contributed by atoms with Crippen molar-refractivity contribution in [3.63, 3.8) is 0 Å². The molecule has 0 aliphatic heterocycles. The molecule has 0 aliphatic carbocycles. The number of aliphatic hydroxyl groups is 1. The van der Waals surface area contributed by atoms with Gasteiger partial charge in [-0.25, -0.2) is 13.2 Å². The lowest BCUT2D eigenvalue weighted by molar-refractivity contribution is 0.266. The normalized spacial score (nSPS) is 11.9. The molecular weight excluding hydrogens is 238 g/mol. The molecule has 3 N–H and O–H groups in total. The summed E-state index contributed by atoms with van der Waals surface area (Å²) in [6.07, 6.45) is 0.824. The Labute approximate surface area is 90.6 Å². The van der Waals surface area contributed by atoms with Crippen LogP contribution in [0.4, 0.5) is 0 Å². The van der Waals surface area contributed by atoms with Crippen LogP contribution in [0, 0.1) is 0 Å². The number of nitrogens with one attached hydrogen (secondary N) is 2. The molecule has 8 nitrogen and oxygen atoms in total. The molecule has 0 radical (unpaired) electrons. The molecule has 9 heteroatoms. The zero-order valence-corrected chi connectivity index (χ0v) is 9.24.